The molecule has 0 aliphatic carbocycles. The van der Waals surface area contributed by atoms with E-state index in [1.165, 1.54) is 11.8 Å². The Morgan fingerprint density at radius 3 is 2.52 bits per heavy atom. The van der Waals surface area contributed by atoms with Gasteiger partial charge in [0.2, 0.25) is 5.91 Å². The molecule has 140 valence electrons. The third-order valence-corrected chi connectivity index (χ3v) is 5.59. The van der Waals surface area contributed by atoms with Crippen molar-refractivity contribution in [3.8, 4) is 0 Å². The highest BCUT2D eigenvalue weighted by Crippen LogP contribution is 2.23. The highest BCUT2D eigenvalue weighted by Gasteiger charge is 2.18. The predicted molar refractivity (Wildman–Crippen MR) is 112 cm³/mol. The van der Waals surface area contributed by atoms with Gasteiger partial charge in [-0.1, -0.05) is 49.0 Å². The molecule has 0 aliphatic heterocycles. The summed E-state index contributed by atoms with van der Waals surface area (Å²) in [5.74, 6) is 0.177. The molecular weight excluding hydrogens is 358 g/mol. The van der Waals surface area contributed by atoms with E-state index in [0.717, 1.165) is 12.1 Å². The van der Waals surface area contributed by atoms with Crippen molar-refractivity contribution in [1.29, 1.82) is 0 Å². The number of fused-ring (bicyclic) bond motifs is 1. The van der Waals surface area contributed by atoms with Crippen molar-refractivity contribution >= 4 is 34.3 Å². The summed E-state index contributed by atoms with van der Waals surface area (Å²) in [5.41, 5.74) is 1.45. The minimum absolute atomic E-state index is 0.0130. The number of rotatable bonds is 6. The van der Waals surface area contributed by atoms with Gasteiger partial charge in [0.15, 0.2) is 5.16 Å². The second-order valence-corrected chi connectivity index (χ2v) is 7.36. The normalized spacial score (nSPS) is 12.1. The minimum atomic E-state index is -0.0543. The zero-order valence-corrected chi connectivity index (χ0v) is 16.6. The summed E-state index contributed by atoms with van der Waals surface area (Å²) in [6, 6.07) is 16.9. The Morgan fingerprint density at radius 1 is 1.15 bits per heavy atom. The van der Waals surface area contributed by atoms with Crippen LogP contribution in [0.1, 0.15) is 26.3 Å². The lowest BCUT2D eigenvalue weighted by molar-refractivity contribution is -0.115. The number of hydrogen-bond donors (Lipinski definition) is 0. The fourth-order valence-corrected chi connectivity index (χ4v) is 3.83. The highest BCUT2D eigenvalue weighted by molar-refractivity contribution is 7.99. The lowest BCUT2D eigenvalue weighted by Gasteiger charge is -2.20. The molecule has 0 saturated heterocycles. The topological polar surface area (TPSA) is 55.2 Å². The third-order valence-electron chi connectivity index (χ3n) is 4.65. The number of para-hydroxylation sites is 2. The average Bonchev–Trinajstić information content (AvgIpc) is 2.71. The van der Waals surface area contributed by atoms with E-state index in [0.29, 0.717) is 16.1 Å². The number of nitrogens with zero attached hydrogens (tertiary/aromatic N) is 3. The van der Waals surface area contributed by atoms with Gasteiger partial charge in [-0.15, -0.1) is 0 Å². The number of carbonyl (C=O) groups excluding carboxylic acids is 1. The Labute approximate surface area is 163 Å². The molecule has 0 N–H and O–H groups in total. The van der Waals surface area contributed by atoms with Crippen molar-refractivity contribution in [1.82, 2.24) is 9.55 Å². The Hall–Kier alpha value is -2.60. The molecule has 0 radical (unpaired) electrons. The van der Waals surface area contributed by atoms with Crippen molar-refractivity contribution in [2.45, 2.75) is 31.5 Å². The molecule has 27 heavy (non-hydrogen) atoms. The number of hydrogen-bond acceptors (Lipinski definition) is 4. The maximum atomic E-state index is 13.0. The second kappa shape index (κ2) is 8.39. The van der Waals surface area contributed by atoms with Crippen LogP contribution in [0.4, 0.5) is 5.69 Å². The van der Waals surface area contributed by atoms with Crippen molar-refractivity contribution < 1.29 is 4.79 Å². The van der Waals surface area contributed by atoms with Crippen molar-refractivity contribution in [2.75, 3.05) is 17.7 Å². The number of thioether (sulfide) groups is 1. The smallest absolute Gasteiger partial charge is 0.262 e. The van der Waals surface area contributed by atoms with Gasteiger partial charge in [0.1, 0.15) is 0 Å². The molecule has 0 spiro atoms. The van der Waals surface area contributed by atoms with Crippen molar-refractivity contribution in [2.24, 2.45) is 0 Å². The number of aromatic nitrogens is 2. The second-order valence-electron chi connectivity index (χ2n) is 6.42. The fraction of sp³-hybridized carbons (Fsp3) is 0.286. The van der Waals surface area contributed by atoms with Crippen molar-refractivity contribution in [3.63, 3.8) is 0 Å². The first-order valence-corrected chi connectivity index (χ1v) is 9.97. The Balaban J connectivity index is 1.90. The van der Waals surface area contributed by atoms with Gasteiger partial charge in [-0.05, 0) is 37.6 Å². The first-order valence-electron chi connectivity index (χ1n) is 8.98. The summed E-state index contributed by atoms with van der Waals surface area (Å²) in [5, 5.41) is 1.19. The van der Waals surface area contributed by atoms with Crippen LogP contribution in [0.5, 0.6) is 0 Å². The molecule has 1 aromatic heterocycles. The van der Waals surface area contributed by atoms with E-state index in [4.69, 9.17) is 0 Å². The Bertz CT molecular complexity index is 1000. The van der Waals surface area contributed by atoms with Gasteiger partial charge in [0, 0.05) is 18.8 Å². The molecule has 0 fully saturated rings. The molecule has 0 saturated carbocycles. The maximum absolute atomic E-state index is 13.0. The van der Waals surface area contributed by atoms with E-state index in [2.05, 4.69) is 4.98 Å². The molecule has 1 heterocycles. The summed E-state index contributed by atoms with van der Waals surface area (Å²) in [6.45, 7) is 4.04. The summed E-state index contributed by atoms with van der Waals surface area (Å²) < 4.78 is 1.71. The number of amides is 1. The van der Waals surface area contributed by atoms with E-state index >= 15 is 0 Å². The molecule has 0 aliphatic rings. The van der Waals surface area contributed by atoms with Gasteiger partial charge >= 0.3 is 0 Å². The fourth-order valence-electron chi connectivity index (χ4n) is 2.82. The zero-order valence-electron chi connectivity index (χ0n) is 15.8. The van der Waals surface area contributed by atoms with Gasteiger partial charge in [-0.3, -0.25) is 14.2 Å². The molecule has 2 aromatic carbocycles. The Kier molecular flexibility index (Phi) is 5.96. The molecule has 1 amide bonds. The monoisotopic (exact) mass is 381 g/mol. The van der Waals surface area contributed by atoms with E-state index < -0.39 is 0 Å². The van der Waals surface area contributed by atoms with Crippen LogP contribution in [0.15, 0.2) is 64.5 Å². The van der Waals surface area contributed by atoms with Gasteiger partial charge < -0.3 is 4.90 Å². The van der Waals surface area contributed by atoms with Crippen LogP contribution < -0.4 is 10.5 Å². The van der Waals surface area contributed by atoms with Crippen LogP contribution in [-0.2, 0) is 4.79 Å². The highest BCUT2D eigenvalue weighted by atomic mass is 32.2. The summed E-state index contributed by atoms with van der Waals surface area (Å²) >= 11 is 1.31. The van der Waals surface area contributed by atoms with E-state index in [-0.39, 0.29) is 23.3 Å². The van der Waals surface area contributed by atoms with E-state index in [1.54, 1.807) is 22.6 Å². The molecule has 0 unspecified atom stereocenters. The third kappa shape index (κ3) is 4.06. The van der Waals surface area contributed by atoms with Gasteiger partial charge in [-0.25, -0.2) is 4.98 Å². The first kappa shape index (κ1) is 19.2. The standard InChI is InChI=1S/C21H23N3O2S/c1-4-15(2)24-20(26)17-12-8-9-13-18(17)22-21(24)27-14-19(25)23(3)16-10-6-5-7-11-16/h5-13,15H,4,14H2,1-3H3/t15-/m0/s1. The van der Waals surface area contributed by atoms with Crippen LogP contribution in [0.3, 0.4) is 0 Å². The zero-order chi connectivity index (χ0) is 19.4. The lowest BCUT2D eigenvalue weighted by atomic mass is 10.2. The van der Waals surface area contributed by atoms with Gasteiger partial charge in [-0.2, -0.15) is 0 Å². The molecule has 6 heteroatoms. The van der Waals surface area contributed by atoms with Crippen LogP contribution in [0, 0.1) is 0 Å². The minimum Gasteiger partial charge on any atom is -0.315 e. The lowest BCUT2D eigenvalue weighted by Crippen LogP contribution is -2.29. The number of benzene rings is 2. The molecule has 0 bridgehead atoms. The largest absolute Gasteiger partial charge is 0.315 e. The summed E-state index contributed by atoms with van der Waals surface area (Å²) in [7, 11) is 1.76. The predicted octanol–water partition coefficient (Wildman–Crippen LogP) is 4.12. The SMILES string of the molecule is CC[C@H](C)n1c(SCC(=O)N(C)c2ccccc2)nc2ccccc2c1=O. The average molecular weight is 382 g/mol. The maximum Gasteiger partial charge on any atom is 0.262 e. The summed E-state index contributed by atoms with van der Waals surface area (Å²) in [6.07, 6.45) is 0.811. The van der Waals surface area contributed by atoms with Crippen LogP contribution >= 0.6 is 11.8 Å². The molecule has 5 nitrogen and oxygen atoms in total. The molecular formula is C21H23N3O2S. The summed E-state index contributed by atoms with van der Waals surface area (Å²) in [4.78, 5) is 31.9. The molecule has 3 rings (SSSR count). The van der Waals surface area contributed by atoms with Crippen LogP contribution in [0.25, 0.3) is 10.9 Å². The van der Waals surface area contributed by atoms with Crippen LogP contribution in [-0.4, -0.2) is 28.3 Å². The molecule has 1 atom stereocenters. The van der Waals surface area contributed by atoms with Crippen molar-refractivity contribution in [3.05, 3.63) is 65.0 Å². The van der Waals surface area contributed by atoms with Crippen LogP contribution in [0.2, 0.25) is 0 Å². The van der Waals surface area contributed by atoms with Gasteiger partial charge in [0.05, 0.1) is 16.7 Å². The first-order chi connectivity index (χ1) is 13.0. The van der Waals surface area contributed by atoms with E-state index in [9.17, 15) is 9.59 Å². The van der Waals surface area contributed by atoms with E-state index in [1.807, 2.05) is 62.4 Å². The quantitative estimate of drug-likeness (QED) is 0.476. The number of carbonyl (C=O) groups is 1. The Morgan fingerprint density at radius 2 is 1.81 bits per heavy atom. The van der Waals surface area contributed by atoms with Gasteiger partial charge in [0.25, 0.3) is 5.56 Å². The molecule has 3 aromatic rings. The number of anilines is 1.